The van der Waals surface area contributed by atoms with E-state index < -0.39 is 0 Å². The molecule has 0 unspecified atom stereocenters. The maximum absolute atomic E-state index is 13.5. The van der Waals surface area contributed by atoms with Gasteiger partial charge in [-0.1, -0.05) is 25.1 Å². The fourth-order valence-corrected chi connectivity index (χ4v) is 2.44. The Bertz CT molecular complexity index is 672. The highest BCUT2D eigenvalue weighted by atomic mass is 79.9. The van der Waals surface area contributed by atoms with Crippen molar-refractivity contribution in [2.24, 2.45) is 0 Å². The van der Waals surface area contributed by atoms with Gasteiger partial charge in [-0.15, -0.1) is 0 Å². The molecule has 0 fully saturated rings. The van der Waals surface area contributed by atoms with E-state index in [0.29, 0.717) is 35.2 Å². The van der Waals surface area contributed by atoms with Gasteiger partial charge >= 0.3 is 0 Å². The van der Waals surface area contributed by atoms with Gasteiger partial charge in [0.2, 0.25) is 0 Å². The van der Waals surface area contributed by atoms with Crippen LogP contribution in [0.3, 0.4) is 0 Å². The number of nitrogens with zero attached hydrogens (tertiary/aromatic N) is 2. The van der Waals surface area contributed by atoms with Crippen molar-refractivity contribution in [3.8, 4) is 0 Å². The third-order valence-electron chi connectivity index (χ3n) is 3.09. The first-order valence-electron chi connectivity index (χ1n) is 6.86. The molecule has 0 atom stereocenters. The van der Waals surface area contributed by atoms with Crippen LogP contribution in [0.2, 0.25) is 0 Å². The fourth-order valence-electron chi connectivity index (χ4n) is 1.99. The molecule has 0 aliphatic rings. The normalized spacial score (nSPS) is 10.6. The summed E-state index contributed by atoms with van der Waals surface area (Å²) in [5.74, 6) is -0.213. The van der Waals surface area contributed by atoms with Gasteiger partial charge in [0.1, 0.15) is 10.3 Å². The van der Waals surface area contributed by atoms with Gasteiger partial charge in [0.15, 0.2) is 0 Å². The van der Waals surface area contributed by atoms with Gasteiger partial charge in [-0.2, -0.15) is 5.10 Å². The summed E-state index contributed by atoms with van der Waals surface area (Å²) < 4.78 is 15.4. The predicted octanol–water partition coefficient (Wildman–Crippen LogP) is 3.21. The Morgan fingerprint density at radius 2 is 2.14 bits per heavy atom. The second-order valence-electron chi connectivity index (χ2n) is 4.67. The average Bonchev–Trinajstić information content (AvgIpc) is 2.48. The average molecular weight is 354 g/mol. The SMILES string of the molecule is CCCn1ncc(NCCc2ccccc2F)c(Br)c1=O. The molecule has 2 aromatic rings. The first-order chi connectivity index (χ1) is 10.1. The Morgan fingerprint density at radius 3 is 2.86 bits per heavy atom. The van der Waals surface area contributed by atoms with Crippen molar-refractivity contribution in [2.45, 2.75) is 26.3 Å². The number of halogens is 2. The molecule has 4 nitrogen and oxygen atoms in total. The molecule has 0 aliphatic carbocycles. The first-order valence-corrected chi connectivity index (χ1v) is 7.65. The highest BCUT2D eigenvalue weighted by molar-refractivity contribution is 9.10. The standard InChI is InChI=1S/C15H17BrFN3O/c1-2-9-20-15(21)14(16)13(10-19-20)18-8-7-11-5-3-4-6-12(11)17/h3-6,10,18H,2,7-9H2,1H3. The summed E-state index contributed by atoms with van der Waals surface area (Å²) in [5, 5.41) is 7.22. The molecule has 0 radical (unpaired) electrons. The quantitative estimate of drug-likeness (QED) is 0.867. The van der Waals surface area contributed by atoms with Crippen molar-refractivity contribution in [2.75, 3.05) is 11.9 Å². The van der Waals surface area contributed by atoms with Crippen LogP contribution in [0.15, 0.2) is 39.7 Å². The Balaban J connectivity index is 2.03. The summed E-state index contributed by atoms with van der Waals surface area (Å²) >= 11 is 3.29. The molecule has 21 heavy (non-hydrogen) atoms. The largest absolute Gasteiger partial charge is 0.382 e. The van der Waals surface area contributed by atoms with E-state index in [2.05, 4.69) is 26.3 Å². The summed E-state index contributed by atoms with van der Waals surface area (Å²) in [5.41, 5.74) is 1.12. The Kier molecular flexibility index (Phi) is 5.50. The lowest BCUT2D eigenvalue weighted by molar-refractivity contribution is 0.566. The van der Waals surface area contributed by atoms with Crippen LogP contribution in [0.4, 0.5) is 10.1 Å². The maximum Gasteiger partial charge on any atom is 0.283 e. The molecule has 6 heteroatoms. The minimum atomic E-state index is -0.213. The topological polar surface area (TPSA) is 46.9 Å². The molecule has 112 valence electrons. The van der Waals surface area contributed by atoms with Crippen LogP contribution in [-0.4, -0.2) is 16.3 Å². The highest BCUT2D eigenvalue weighted by Crippen LogP contribution is 2.16. The summed E-state index contributed by atoms with van der Waals surface area (Å²) in [6.07, 6.45) is 3.00. The van der Waals surface area contributed by atoms with E-state index in [1.54, 1.807) is 18.3 Å². The fraction of sp³-hybridized carbons (Fsp3) is 0.333. The third-order valence-corrected chi connectivity index (χ3v) is 3.85. The lowest BCUT2D eigenvalue weighted by Gasteiger charge is -2.10. The van der Waals surface area contributed by atoms with Gasteiger partial charge in [0.25, 0.3) is 5.56 Å². The van der Waals surface area contributed by atoms with Gasteiger partial charge in [0, 0.05) is 13.1 Å². The van der Waals surface area contributed by atoms with Crippen LogP contribution in [-0.2, 0) is 13.0 Å². The summed E-state index contributed by atoms with van der Waals surface area (Å²) in [4.78, 5) is 12.0. The Morgan fingerprint density at radius 1 is 1.38 bits per heavy atom. The van der Waals surface area contributed by atoms with Crippen molar-refractivity contribution in [3.63, 3.8) is 0 Å². The van der Waals surface area contributed by atoms with Crippen molar-refractivity contribution >= 4 is 21.6 Å². The van der Waals surface area contributed by atoms with Gasteiger partial charge < -0.3 is 5.32 Å². The van der Waals surface area contributed by atoms with Gasteiger partial charge in [0.05, 0.1) is 11.9 Å². The summed E-state index contributed by atoms with van der Waals surface area (Å²) in [7, 11) is 0. The van der Waals surface area contributed by atoms with Crippen LogP contribution < -0.4 is 10.9 Å². The number of anilines is 1. The van der Waals surface area contributed by atoms with E-state index in [1.165, 1.54) is 10.7 Å². The molecule has 1 heterocycles. The molecule has 0 spiro atoms. The molecule has 0 bridgehead atoms. The number of rotatable bonds is 6. The molecule has 1 aromatic carbocycles. The highest BCUT2D eigenvalue weighted by Gasteiger charge is 2.08. The van der Waals surface area contributed by atoms with E-state index in [-0.39, 0.29) is 11.4 Å². The first kappa shape index (κ1) is 15.7. The Hall–Kier alpha value is -1.69. The van der Waals surface area contributed by atoms with Crippen molar-refractivity contribution in [3.05, 3.63) is 56.7 Å². The van der Waals surface area contributed by atoms with Crippen LogP contribution >= 0.6 is 15.9 Å². The number of aryl methyl sites for hydroxylation is 1. The van der Waals surface area contributed by atoms with Crippen molar-refractivity contribution < 1.29 is 4.39 Å². The molecule has 0 saturated carbocycles. The monoisotopic (exact) mass is 353 g/mol. The maximum atomic E-state index is 13.5. The van der Waals surface area contributed by atoms with E-state index in [1.807, 2.05) is 13.0 Å². The minimum absolute atomic E-state index is 0.159. The van der Waals surface area contributed by atoms with Gasteiger partial charge in [-0.25, -0.2) is 9.07 Å². The molecule has 2 rings (SSSR count). The zero-order chi connectivity index (χ0) is 15.2. The van der Waals surface area contributed by atoms with Crippen LogP contribution in [0.25, 0.3) is 0 Å². The number of aromatic nitrogens is 2. The number of hydrogen-bond donors (Lipinski definition) is 1. The van der Waals surface area contributed by atoms with E-state index in [4.69, 9.17) is 0 Å². The van der Waals surface area contributed by atoms with Crippen molar-refractivity contribution in [1.82, 2.24) is 9.78 Å². The zero-order valence-electron chi connectivity index (χ0n) is 11.8. The van der Waals surface area contributed by atoms with E-state index in [0.717, 1.165) is 6.42 Å². The number of benzene rings is 1. The Labute approximate surface area is 131 Å². The molecule has 0 saturated heterocycles. The smallest absolute Gasteiger partial charge is 0.283 e. The third kappa shape index (κ3) is 3.91. The lowest BCUT2D eigenvalue weighted by Crippen LogP contribution is -2.24. The van der Waals surface area contributed by atoms with Crippen molar-refractivity contribution in [1.29, 1.82) is 0 Å². The molecule has 1 N–H and O–H groups in total. The minimum Gasteiger partial charge on any atom is -0.382 e. The molecule has 0 aliphatic heterocycles. The van der Waals surface area contributed by atoms with E-state index in [9.17, 15) is 9.18 Å². The number of nitrogens with one attached hydrogen (secondary N) is 1. The second kappa shape index (κ2) is 7.36. The van der Waals surface area contributed by atoms with E-state index >= 15 is 0 Å². The molecule has 0 amide bonds. The van der Waals surface area contributed by atoms with Gasteiger partial charge in [-0.3, -0.25) is 4.79 Å². The van der Waals surface area contributed by atoms with Crippen LogP contribution in [0.5, 0.6) is 0 Å². The molecule has 1 aromatic heterocycles. The van der Waals surface area contributed by atoms with Crippen LogP contribution in [0, 0.1) is 5.82 Å². The zero-order valence-corrected chi connectivity index (χ0v) is 13.4. The number of hydrogen-bond acceptors (Lipinski definition) is 3. The summed E-state index contributed by atoms with van der Waals surface area (Å²) in [6.45, 7) is 3.11. The second-order valence-corrected chi connectivity index (χ2v) is 5.46. The lowest BCUT2D eigenvalue weighted by atomic mass is 10.1. The van der Waals surface area contributed by atoms with Crippen LogP contribution in [0.1, 0.15) is 18.9 Å². The summed E-state index contributed by atoms with van der Waals surface area (Å²) in [6, 6.07) is 6.67. The molecular weight excluding hydrogens is 337 g/mol. The van der Waals surface area contributed by atoms with Gasteiger partial charge in [-0.05, 0) is 40.4 Å². The molecular formula is C15H17BrFN3O. The predicted molar refractivity (Wildman–Crippen MR) is 85.1 cm³/mol.